The number of hydrogen-bond donors (Lipinski definition) is 2. The smallest absolute Gasteiger partial charge is 0.160 e. The summed E-state index contributed by atoms with van der Waals surface area (Å²) < 4.78 is 5.00. The summed E-state index contributed by atoms with van der Waals surface area (Å²) in [5, 5.41) is 12.9. The molecule has 18 heavy (non-hydrogen) atoms. The van der Waals surface area contributed by atoms with E-state index in [9.17, 15) is 5.11 Å². The van der Waals surface area contributed by atoms with E-state index in [0.717, 1.165) is 12.2 Å². The van der Waals surface area contributed by atoms with Gasteiger partial charge in [0.15, 0.2) is 11.5 Å². The van der Waals surface area contributed by atoms with E-state index in [4.69, 9.17) is 4.74 Å². The van der Waals surface area contributed by atoms with Crippen LogP contribution in [0.1, 0.15) is 11.1 Å². The van der Waals surface area contributed by atoms with Crippen LogP contribution in [0.5, 0.6) is 11.5 Å². The first kappa shape index (κ1) is 12.3. The fraction of sp³-hybridized carbons (Fsp3) is 0.200. The van der Waals surface area contributed by atoms with E-state index in [2.05, 4.69) is 36.5 Å². The minimum Gasteiger partial charge on any atom is -0.504 e. The van der Waals surface area contributed by atoms with E-state index in [1.165, 1.54) is 18.2 Å². The number of nitrogens with one attached hydrogen (secondary N) is 1. The predicted molar refractivity (Wildman–Crippen MR) is 73.2 cm³/mol. The van der Waals surface area contributed by atoms with E-state index in [-0.39, 0.29) is 5.75 Å². The van der Waals surface area contributed by atoms with E-state index >= 15 is 0 Å². The summed E-state index contributed by atoms with van der Waals surface area (Å²) >= 11 is 0. The molecule has 0 fully saturated rings. The first-order valence-electron chi connectivity index (χ1n) is 5.85. The van der Waals surface area contributed by atoms with Crippen LogP contribution in [0.4, 0.5) is 5.69 Å². The highest BCUT2D eigenvalue weighted by molar-refractivity contribution is 5.54. The Morgan fingerprint density at radius 3 is 2.44 bits per heavy atom. The number of phenolic OH excluding ortho intramolecular Hbond substituents is 1. The van der Waals surface area contributed by atoms with Crippen molar-refractivity contribution < 1.29 is 9.84 Å². The lowest BCUT2D eigenvalue weighted by atomic mass is 10.1. The molecular formula is C15H17NO2. The van der Waals surface area contributed by atoms with Gasteiger partial charge in [-0.25, -0.2) is 0 Å². The number of rotatable bonds is 4. The van der Waals surface area contributed by atoms with Crippen molar-refractivity contribution in [3.05, 3.63) is 53.6 Å². The zero-order chi connectivity index (χ0) is 13.0. The fourth-order valence-corrected chi connectivity index (χ4v) is 1.71. The Kier molecular flexibility index (Phi) is 3.72. The van der Waals surface area contributed by atoms with Gasteiger partial charge in [-0.15, -0.1) is 0 Å². The van der Waals surface area contributed by atoms with Crippen LogP contribution in [0.3, 0.4) is 0 Å². The molecule has 0 aliphatic rings. The monoisotopic (exact) mass is 243 g/mol. The van der Waals surface area contributed by atoms with Crippen molar-refractivity contribution in [2.75, 3.05) is 12.4 Å². The van der Waals surface area contributed by atoms with Crippen LogP contribution in [-0.4, -0.2) is 12.2 Å². The highest BCUT2D eigenvalue weighted by Gasteiger charge is 2.02. The van der Waals surface area contributed by atoms with Gasteiger partial charge in [0, 0.05) is 18.3 Å². The number of aryl methyl sites for hydroxylation is 1. The van der Waals surface area contributed by atoms with Crippen molar-refractivity contribution in [3.8, 4) is 11.5 Å². The molecule has 94 valence electrons. The third-order valence-electron chi connectivity index (χ3n) is 2.80. The molecule has 3 nitrogen and oxygen atoms in total. The van der Waals surface area contributed by atoms with Gasteiger partial charge in [-0.2, -0.15) is 0 Å². The molecule has 0 bridgehead atoms. The minimum atomic E-state index is 0.145. The maximum Gasteiger partial charge on any atom is 0.160 e. The Morgan fingerprint density at radius 2 is 1.83 bits per heavy atom. The van der Waals surface area contributed by atoms with E-state index in [1.54, 1.807) is 12.1 Å². The summed E-state index contributed by atoms with van der Waals surface area (Å²) in [6.45, 7) is 2.80. The number of methoxy groups -OCH3 is 1. The quantitative estimate of drug-likeness (QED) is 0.865. The van der Waals surface area contributed by atoms with Crippen LogP contribution in [0.15, 0.2) is 42.5 Å². The molecule has 2 aromatic rings. The highest BCUT2D eigenvalue weighted by Crippen LogP contribution is 2.28. The molecule has 0 aliphatic carbocycles. The minimum absolute atomic E-state index is 0.145. The van der Waals surface area contributed by atoms with Gasteiger partial charge in [0.25, 0.3) is 0 Å². The molecule has 0 radical (unpaired) electrons. The van der Waals surface area contributed by atoms with Gasteiger partial charge in [0.1, 0.15) is 0 Å². The SMILES string of the molecule is COc1ccc(NCc2ccc(C)cc2)cc1O. The first-order chi connectivity index (χ1) is 8.69. The Morgan fingerprint density at radius 1 is 1.11 bits per heavy atom. The van der Waals surface area contributed by atoms with E-state index in [1.807, 2.05) is 6.07 Å². The lowest BCUT2D eigenvalue weighted by Gasteiger charge is -2.09. The van der Waals surface area contributed by atoms with Crippen LogP contribution < -0.4 is 10.1 Å². The number of aromatic hydroxyl groups is 1. The van der Waals surface area contributed by atoms with Crippen molar-refractivity contribution in [1.29, 1.82) is 0 Å². The highest BCUT2D eigenvalue weighted by atomic mass is 16.5. The molecule has 2 aromatic carbocycles. The average Bonchev–Trinajstić information content (AvgIpc) is 2.38. The number of benzene rings is 2. The van der Waals surface area contributed by atoms with Crippen molar-refractivity contribution in [2.24, 2.45) is 0 Å². The van der Waals surface area contributed by atoms with E-state index < -0.39 is 0 Å². The van der Waals surface area contributed by atoms with Gasteiger partial charge in [-0.3, -0.25) is 0 Å². The van der Waals surface area contributed by atoms with Crippen LogP contribution in [0.25, 0.3) is 0 Å². The molecule has 0 aliphatic heterocycles. The summed E-state index contributed by atoms with van der Waals surface area (Å²) in [6, 6.07) is 13.6. The van der Waals surface area contributed by atoms with Crippen molar-refractivity contribution in [1.82, 2.24) is 0 Å². The van der Waals surface area contributed by atoms with Crippen LogP contribution in [0, 0.1) is 6.92 Å². The third kappa shape index (κ3) is 2.94. The molecule has 0 amide bonds. The van der Waals surface area contributed by atoms with Crippen molar-refractivity contribution >= 4 is 5.69 Å². The molecule has 0 heterocycles. The largest absolute Gasteiger partial charge is 0.504 e. The topological polar surface area (TPSA) is 41.5 Å². The van der Waals surface area contributed by atoms with Crippen molar-refractivity contribution in [3.63, 3.8) is 0 Å². The molecule has 2 rings (SSSR count). The summed E-state index contributed by atoms with van der Waals surface area (Å²) in [6.07, 6.45) is 0. The zero-order valence-electron chi connectivity index (χ0n) is 10.6. The first-order valence-corrected chi connectivity index (χ1v) is 5.85. The molecule has 2 N–H and O–H groups in total. The Labute approximate surface area is 107 Å². The lowest BCUT2D eigenvalue weighted by Crippen LogP contribution is -1.99. The second-order valence-corrected chi connectivity index (χ2v) is 4.23. The third-order valence-corrected chi connectivity index (χ3v) is 2.80. The van der Waals surface area contributed by atoms with Gasteiger partial charge >= 0.3 is 0 Å². The Bertz CT molecular complexity index is 521. The number of hydrogen-bond acceptors (Lipinski definition) is 3. The van der Waals surface area contributed by atoms with Crippen LogP contribution >= 0.6 is 0 Å². The molecule has 0 atom stereocenters. The van der Waals surface area contributed by atoms with Gasteiger partial charge < -0.3 is 15.2 Å². The maximum absolute atomic E-state index is 9.66. The number of anilines is 1. The lowest BCUT2D eigenvalue weighted by molar-refractivity contribution is 0.373. The van der Waals surface area contributed by atoms with Gasteiger partial charge in [-0.05, 0) is 24.6 Å². The molecule has 0 saturated heterocycles. The summed E-state index contributed by atoms with van der Waals surface area (Å²) in [4.78, 5) is 0. The summed E-state index contributed by atoms with van der Waals surface area (Å²) in [5.41, 5.74) is 3.32. The molecule has 0 saturated carbocycles. The fourth-order valence-electron chi connectivity index (χ4n) is 1.71. The maximum atomic E-state index is 9.66. The zero-order valence-corrected chi connectivity index (χ0v) is 10.6. The van der Waals surface area contributed by atoms with Gasteiger partial charge in [0.2, 0.25) is 0 Å². The average molecular weight is 243 g/mol. The van der Waals surface area contributed by atoms with Gasteiger partial charge in [-0.1, -0.05) is 29.8 Å². The second-order valence-electron chi connectivity index (χ2n) is 4.23. The normalized spacial score (nSPS) is 10.1. The molecular weight excluding hydrogens is 226 g/mol. The molecule has 0 spiro atoms. The summed E-state index contributed by atoms with van der Waals surface area (Å²) in [5.74, 6) is 0.627. The molecule has 0 unspecified atom stereocenters. The number of phenols is 1. The molecule has 0 aromatic heterocycles. The van der Waals surface area contributed by atoms with Gasteiger partial charge in [0.05, 0.1) is 7.11 Å². The predicted octanol–water partition coefficient (Wildman–Crippen LogP) is 3.32. The second kappa shape index (κ2) is 5.45. The number of ether oxygens (including phenoxy) is 1. The van der Waals surface area contributed by atoms with E-state index in [0.29, 0.717) is 5.75 Å². The summed E-state index contributed by atoms with van der Waals surface area (Å²) in [7, 11) is 1.54. The molecule has 3 heteroatoms. The standard InChI is InChI=1S/C15H17NO2/c1-11-3-5-12(6-4-11)10-16-13-7-8-15(18-2)14(17)9-13/h3-9,16-17H,10H2,1-2H3. The Balaban J connectivity index is 2.02. The Hall–Kier alpha value is -2.16. The van der Waals surface area contributed by atoms with Crippen molar-refractivity contribution in [2.45, 2.75) is 13.5 Å². The van der Waals surface area contributed by atoms with Crippen LogP contribution in [0.2, 0.25) is 0 Å². The van der Waals surface area contributed by atoms with Crippen LogP contribution in [-0.2, 0) is 6.54 Å².